The predicted molar refractivity (Wildman–Crippen MR) is 339 cm³/mol. The molecule has 0 aliphatic rings. The van der Waals surface area contributed by atoms with Crippen LogP contribution in [-0.4, -0.2) is 37.2 Å². The van der Waals surface area contributed by atoms with Crippen LogP contribution in [0.5, 0.6) is 0 Å². The van der Waals surface area contributed by atoms with Crippen LogP contribution in [0.25, 0.3) is 0 Å². The van der Waals surface area contributed by atoms with Crippen LogP contribution in [0.3, 0.4) is 0 Å². The number of hydrogen-bond donors (Lipinski definition) is 0. The minimum atomic E-state index is -0.777. The second kappa shape index (κ2) is 66.4. The number of hydrogen-bond acceptors (Lipinski definition) is 6. The summed E-state index contributed by atoms with van der Waals surface area (Å²) < 4.78 is 16.9. The van der Waals surface area contributed by atoms with Crippen molar-refractivity contribution in [3.63, 3.8) is 0 Å². The van der Waals surface area contributed by atoms with Gasteiger partial charge in [-0.2, -0.15) is 0 Å². The van der Waals surface area contributed by atoms with Crippen LogP contribution in [-0.2, 0) is 28.6 Å². The maximum atomic E-state index is 12.9. The first-order valence-electron chi connectivity index (χ1n) is 33.9. The molecule has 0 aromatic carbocycles. The Labute approximate surface area is 484 Å². The largest absolute Gasteiger partial charge is 0.462 e. The molecule has 0 aromatic rings. The fraction of sp³-hybridized carbons (Fsp3) is 0.792. The molecule has 0 spiro atoms. The molecule has 0 amide bonds. The van der Waals surface area contributed by atoms with Crippen molar-refractivity contribution in [1.29, 1.82) is 0 Å². The van der Waals surface area contributed by atoms with E-state index in [0.29, 0.717) is 19.3 Å². The normalized spacial score (nSPS) is 12.5. The smallest absolute Gasteiger partial charge is 0.306 e. The number of unbranched alkanes of at least 4 members (excludes halogenated alkanes) is 39. The van der Waals surface area contributed by atoms with E-state index >= 15 is 0 Å². The molecule has 0 heterocycles. The molecule has 0 rings (SSSR count). The SMILES string of the molecule is CC/C=C\C/C=C\C/C=C\C/C=C\C/C=C\CCCCCCCCCCCCCCCC(=O)OCC(COC(=O)CCCCCCC/C=C\CCC)OC(=O)CCCCCCCCCCCCCCCCCCCCCCC. The van der Waals surface area contributed by atoms with Crippen LogP contribution >= 0.6 is 0 Å². The Morgan fingerprint density at radius 3 is 0.846 bits per heavy atom. The molecule has 452 valence electrons. The molecule has 1 unspecified atom stereocenters. The van der Waals surface area contributed by atoms with E-state index in [1.54, 1.807) is 0 Å². The summed E-state index contributed by atoms with van der Waals surface area (Å²) >= 11 is 0. The lowest BCUT2D eigenvalue weighted by Crippen LogP contribution is -2.30. The summed E-state index contributed by atoms with van der Waals surface area (Å²) in [5.74, 6) is -0.867. The van der Waals surface area contributed by atoms with Gasteiger partial charge in [-0.25, -0.2) is 0 Å². The van der Waals surface area contributed by atoms with Gasteiger partial charge in [-0.1, -0.05) is 318 Å². The van der Waals surface area contributed by atoms with Gasteiger partial charge in [0.25, 0.3) is 0 Å². The molecule has 6 nitrogen and oxygen atoms in total. The van der Waals surface area contributed by atoms with Crippen LogP contribution in [0.2, 0.25) is 0 Å². The van der Waals surface area contributed by atoms with Gasteiger partial charge in [0.1, 0.15) is 13.2 Å². The Bertz CT molecular complexity index is 1440. The minimum Gasteiger partial charge on any atom is -0.462 e. The molecule has 0 bridgehead atoms. The van der Waals surface area contributed by atoms with Crippen molar-refractivity contribution in [2.45, 2.75) is 354 Å². The van der Waals surface area contributed by atoms with Crippen molar-refractivity contribution < 1.29 is 28.6 Å². The number of esters is 3. The molecule has 0 saturated heterocycles. The third kappa shape index (κ3) is 63.7. The monoisotopic (exact) mass is 1090 g/mol. The summed E-state index contributed by atoms with van der Waals surface area (Å²) in [6.45, 7) is 6.51. The molecule has 0 fully saturated rings. The quantitative estimate of drug-likeness (QED) is 0.0261. The maximum Gasteiger partial charge on any atom is 0.306 e. The highest BCUT2D eigenvalue weighted by Gasteiger charge is 2.19. The molecule has 1 atom stereocenters. The average molecular weight is 1090 g/mol. The number of carbonyl (C=O) groups is 3. The third-order valence-corrected chi connectivity index (χ3v) is 14.9. The van der Waals surface area contributed by atoms with Gasteiger partial charge >= 0.3 is 17.9 Å². The van der Waals surface area contributed by atoms with Crippen LogP contribution in [0, 0.1) is 0 Å². The topological polar surface area (TPSA) is 78.9 Å². The van der Waals surface area contributed by atoms with Gasteiger partial charge in [-0.3, -0.25) is 14.4 Å². The van der Waals surface area contributed by atoms with Crippen molar-refractivity contribution in [3.05, 3.63) is 72.9 Å². The summed E-state index contributed by atoms with van der Waals surface area (Å²) in [6.07, 6.45) is 86.5. The standard InChI is InChI=1S/C72H128O6/c1-4-7-10-13-16-19-22-24-26-28-30-32-33-34-35-36-37-38-39-41-42-44-46-48-50-53-56-59-62-65-71(74)77-68-69(67-76-70(73)64-61-58-55-52-21-18-15-12-9-6-3)78-72(75)66-63-60-57-54-51-49-47-45-43-40-31-29-27-25-23-20-17-14-11-8-5-2/h7,10,12,15-16,19,24,26,30,32,34-35,69H,4-6,8-9,11,13-14,17-18,20-23,25,27-29,31,33,36-68H2,1-3H3/b10-7-,15-12-,19-16-,26-24-,32-30-,35-34-. The van der Waals surface area contributed by atoms with Gasteiger partial charge < -0.3 is 14.2 Å². The van der Waals surface area contributed by atoms with Gasteiger partial charge in [-0.05, 0) is 83.5 Å². The molecule has 0 aliphatic heterocycles. The summed E-state index contributed by atoms with van der Waals surface area (Å²) in [5.41, 5.74) is 0. The summed E-state index contributed by atoms with van der Waals surface area (Å²) in [5, 5.41) is 0. The van der Waals surface area contributed by atoms with E-state index in [-0.39, 0.29) is 31.1 Å². The Morgan fingerprint density at radius 1 is 0.269 bits per heavy atom. The fourth-order valence-electron chi connectivity index (χ4n) is 9.89. The zero-order chi connectivity index (χ0) is 56.4. The van der Waals surface area contributed by atoms with Crippen LogP contribution in [0.1, 0.15) is 348 Å². The summed E-state index contributed by atoms with van der Waals surface area (Å²) in [6, 6.07) is 0. The van der Waals surface area contributed by atoms with E-state index in [1.807, 2.05) is 0 Å². The van der Waals surface area contributed by atoms with E-state index in [1.165, 1.54) is 205 Å². The maximum absolute atomic E-state index is 12.9. The molecule has 6 heteroatoms. The van der Waals surface area contributed by atoms with E-state index in [4.69, 9.17) is 14.2 Å². The molecule has 0 radical (unpaired) electrons. The minimum absolute atomic E-state index is 0.0744. The van der Waals surface area contributed by atoms with Crippen molar-refractivity contribution in [1.82, 2.24) is 0 Å². The Morgan fingerprint density at radius 2 is 0.526 bits per heavy atom. The lowest BCUT2D eigenvalue weighted by atomic mass is 10.0. The molecule has 78 heavy (non-hydrogen) atoms. The Hall–Kier alpha value is -3.15. The van der Waals surface area contributed by atoms with Crippen LogP contribution < -0.4 is 0 Å². The van der Waals surface area contributed by atoms with Crippen molar-refractivity contribution >= 4 is 17.9 Å². The molecular formula is C72H128O6. The first-order chi connectivity index (χ1) is 38.5. The summed E-state index contributed by atoms with van der Waals surface area (Å²) in [4.78, 5) is 38.3. The van der Waals surface area contributed by atoms with E-state index in [0.717, 1.165) is 103 Å². The highest BCUT2D eigenvalue weighted by Crippen LogP contribution is 2.18. The van der Waals surface area contributed by atoms with E-state index < -0.39 is 6.10 Å². The molecule has 0 saturated carbocycles. The van der Waals surface area contributed by atoms with Crippen LogP contribution in [0.15, 0.2) is 72.9 Å². The molecule has 0 N–H and O–H groups in total. The zero-order valence-corrected chi connectivity index (χ0v) is 51.9. The van der Waals surface area contributed by atoms with Gasteiger partial charge in [0.15, 0.2) is 6.10 Å². The van der Waals surface area contributed by atoms with Crippen molar-refractivity contribution in [2.24, 2.45) is 0 Å². The van der Waals surface area contributed by atoms with Gasteiger partial charge in [0, 0.05) is 19.3 Å². The van der Waals surface area contributed by atoms with Crippen LogP contribution in [0.4, 0.5) is 0 Å². The molecule has 0 aromatic heterocycles. The third-order valence-electron chi connectivity index (χ3n) is 14.9. The highest BCUT2D eigenvalue weighted by molar-refractivity contribution is 5.71. The number of rotatable bonds is 62. The Kier molecular flexibility index (Phi) is 63.7. The lowest BCUT2D eigenvalue weighted by molar-refractivity contribution is -0.167. The average Bonchev–Trinajstić information content (AvgIpc) is 3.44. The fourth-order valence-corrected chi connectivity index (χ4v) is 9.89. The van der Waals surface area contributed by atoms with Gasteiger partial charge in [0.2, 0.25) is 0 Å². The lowest BCUT2D eigenvalue weighted by Gasteiger charge is -2.18. The first kappa shape index (κ1) is 74.8. The zero-order valence-electron chi connectivity index (χ0n) is 51.9. The number of carbonyl (C=O) groups excluding carboxylic acids is 3. The second-order valence-electron chi connectivity index (χ2n) is 22.7. The second-order valence-corrected chi connectivity index (χ2v) is 22.7. The first-order valence-corrected chi connectivity index (χ1v) is 33.9. The van der Waals surface area contributed by atoms with Crippen molar-refractivity contribution in [2.75, 3.05) is 13.2 Å². The van der Waals surface area contributed by atoms with E-state index in [2.05, 4.69) is 93.7 Å². The molecular weight excluding hydrogens is 961 g/mol. The van der Waals surface area contributed by atoms with Crippen molar-refractivity contribution in [3.8, 4) is 0 Å². The Balaban J connectivity index is 4.17. The number of allylic oxidation sites excluding steroid dienone is 12. The summed E-state index contributed by atoms with van der Waals surface area (Å²) in [7, 11) is 0. The predicted octanol–water partition coefficient (Wildman–Crippen LogP) is 23.3. The van der Waals surface area contributed by atoms with Gasteiger partial charge in [-0.15, -0.1) is 0 Å². The number of ether oxygens (including phenoxy) is 3. The molecule has 0 aliphatic carbocycles. The van der Waals surface area contributed by atoms with E-state index in [9.17, 15) is 14.4 Å². The van der Waals surface area contributed by atoms with Gasteiger partial charge in [0.05, 0.1) is 0 Å². The highest BCUT2D eigenvalue weighted by atomic mass is 16.6.